The van der Waals surface area contributed by atoms with Crippen LogP contribution in [0.15, 0.2) is 84.9 Å². The van der Waals surface area contributed by atoms with Crippen LogP contribution in [-0.2, 0) is 0 Å². The highest BCUT2D eigenvalue weighted by Gasteiger charge is 2.13. The lowest BCUT2D eigenvalue weighted by Crippen LogP contribution is -2.21. The molecule has 0 saturated carbocycles. The Kier molecular flexibility index (Phi) is 4.93. The lowest BCUT2D eigenvalue weighted by atomic mass is 9.96. The van der Waals surface area contributed by atoms with Crippen LogP contribution in [0.4, 0.5) is 0 Å². The van der Waals surface area contributed by atoms with Crippen molar-refractivity contribution >= 4 is 33.3 Å². The van der Waals surface area contributed by atoms with Gasteiger partial charge in [0.2, 0.25) is 0 Å². The molecule has 0 fully saturated rings. The summed E-state index contributed by atoms with van der Waals surface area (Å²) in [5.74, 6) is 0. The Morgan fingerprint density at radius 1 is 0.704 bits per heavy atom. The third-order valence-corrected chi connectivity index (χ3v) is 5.23. The molecule has 0 saturated heterocycles. The minimum atomic E-state index is 0.985. The highest BCUT2D eigenvalue weighted by Crippen LogP contribution is 2.32. The zero-order chi connectivity index (χ0) is 18.6. The number of hydrogen-bond donors (Lipinski definition) is 0. The molecule has 0 heterocycles. The van der Waals surface area contributed by atoms with E-state index in [-0.39, 0.29) is 0 Å². The molecule has 0 aromatic heterocycles. The predicted molar refractivity (Wildman–Crippen MR) is 119 cm³/mol. The summed E-state index contributed by atoms with van der Waals surface area (Å²) in [6, 6.07) is 30.5. The van der Waals surface area contributed by atoms with Crippen LogP contribution >= 0.6 is 0 Å². The van der Waals surface area contributed by atoms with E-state index in [0.717, 1.165) is 13.1 Å². The minimum absolute atomic E-state index is 0.985. The summed E-state index contributed by atoms with van der Waals surface area (Å²) in [6.07, 6.45) is 2.32. The smallest absolute Gasteiger partial charge is 0.0451 e. The van der Waals surface area contributed by atoms with Gasteiger partial charge in [-0.3, -0.25) is 0 Å². The Bertz CT molecular complexity index is 1090. The maximum Gasteiger partial charge on any atom is 0.0451 e. The van der Waals surface area contributed by atoms with E-state index in [2.05, 4.69) is 110 Å². The van der Waals surface area contributed by atoms with Crippen LogP contribution < -0.4 is 0 Å². The van der Waals surface area contributed by atoms with E-state index in [1.807, 2.05) is 0 Å². The van der Waals surface area contributed by atoms with Gasteiger partial charge in [0.25, 0.3) is 0 Å². The standard InChI is InChI=1S/C26H25N/c1-3-27(4-2)26(17-20-11-6-5-7-12-20)24-16-10-15-23-18-21-13-8-9-14-22(21)19-25(23)24/h5-19H,3-4H2,1-2H3. The molecule has 4 aromatic carbocycles. The van der Waals surface area contributed by atoms with Crippen molar-refractivity contribution < 1.29 is 0 Å². The van der Waals surface area contributed by atoms with Crippen molar-refractivity contribution in [3.05, 3.63) is 96.1 Å². The van der Waals surface area contributed by atoms with E-state index in [4.69, 9.17) is 0 Å². The first-order valence-electron chi connectivity index (χ1n) is 9.73. The van der Waals surface area contributed by atoms with E-state index < -0.39 is 0 Å². The highest BCUT2D eigenvalue weighted by atomic mass is 15.1. The highest BCUT2D eigenvalue weighted by molar-refractivity contribution is 6.04. The molecule has 0 aliphatic carbocycles. The van der Waals surface area contributed by atoms with Crippen molar-refractivity contribution in [2.75, 3.05) is 13.1 Å². The quantitative estimate of drug-likeness (QED) is 0.281. The third kappa shape index (κ3) is 3.46. The van der Waals surface area contributed by atoms with Gasteiger partial charge >= 0.3 is 0 Å². The second kappa shape index (κ2) is 7.67. The first-order valence-corrected chi connectivity index (χ1v) is 9.73. The minimum Gasteiger partial charge on any atom is -0.372 e. The lowest BCUT2D eigenvalue weighted by Gasteiger charge is -2.26. The van der Waals surface area contributed by atoms with Gasteiger partial charge in [0.15, 0.2) is 0 Å². The second-order valence-corrected chi connectivity index (χ2v) is 6.84. The van der Waals surface area contributed by atoms with E-state index in [9.17, 15) is 0 Å². The summed E-state index contributed by atoms with van der Waals surface area (Å²) in [5.41, 5.74) is 3.81. The maximum absolute atomic E-state index is 2.44. The Morgan fingerprint density at radius 2 is 1.33 bits per heavy atom. The van der Waals surface area contributed by atoms with Gasteiger partial charge in [-0.25, -0.2) is 0 Å². The summed E-state index contributed by atoms with van der Waals surface area (Å²) >= 11 is 0. The van der Waals surface area contributed by atoms with Crippen molar-refractivity contribution in [3.8, 4) is 0 Å². The third-order valence-electron chi connectivity index (χ3n) is 5.23. The molecule has 0 amide bonds. The monoisotopic (exact) mass is 351 g/mol. The Morgan fingerprint density at radius 3 is 2.04 bits per heavy atom. The second-order valence-electron chi connectivity index (χ2n) is 6.84. The average molecular weight is 351 g/mol. The molecule has 27 heavy (non-hydrogen) atoms. The van der Waals surface area contributed by atoms with Crippen LogP contribution in [0.2, 0.25) is 0 Å². The summed E-state index contributed by atoms with van der Waals surface area (Å²) in [6.45, 7) is 6.42. The fourth-order valence-corrected chi connectivity index (χ4v) is 3.80. The molecule has 0 spiro atoms. The van der Waals surface area contributed by atoms with Crippen molar-refractivity contribution in [2.24, 2.45) is 0 Å². The van der Waals surface area contributed by atoms with E-state index in [1.165, 1.54) is 38.4 Å². The summed E-state index contributed by atoms with van der Waals surface area (Å²) < 4.78 is 0. The largest absolute Gasteiger partial charge is 0.372 e. The SMILES string of the molecule is CCN(CC)C(=Cc1ccccc1)c1cccc2cc3ccccc3cc12. The van der Waals surface area contributed by atoms with Crippen molar-refractivity contribution in [2.45, 2.75) is 13.8 Å². The van der Waals surface area contributed by atoms with Gasteiger partial charge in [-0.1, -0.05) is 72.8 Å². The molecule has 0 aliphatic heterocycles. The Hall–Kier alpha value is -3.06. The zero-order valence-electron chi connectivity index (χ0n) is 16.0. The van der Waals surface area contributed by atoms with Crippen LogP contribution in [0.1, 0.15) is 25.0 Å². The van der Waals surface area contributed by atoms with E-state index >= 15 is 0 Å². The maximum atomic E-state index is 2.44. The molecule has 134 valence electrons. The fourth-order valence-electron chi connectivity index (χ4n) is 3.80. The van der Waals surface area contributed by atoms with Gasteiger partial charge in [-0.2, -0.15) is 0 Å². The number of benzene rings is 4. The lowest BCUT2D eigenvalue weighted by molar-refractivity contribution is 0.444. The van der Waals surface area contributed by atoms with Gasteiger partial charge in [-0.05, 0) is 59.2 Å². The molecule has 0 unspecified atom stereocenters. The molecule has 4 rings (SSSR count). The van der Waals surface area contributed by atoms with Gasteiger partial charge in [-0.15, -0.1) is 0 Å². The molecule has 0 atom stereocenters. The average Bonchev–Trinajstić information content (AvgIpc) is 2.73. The molecule has 0 radical (unpaired) electrons. The van der Waals surface area contributed by atoms with Crippen molar-refractivity contribution in [1.82, 2.24) is 4.90 Å². The molecule has 1 heteroatoms. The predicted octanol–water partition coefficient (Wildman–Crippen LogP) is 6.83. The first kappa shape index (κ1) is 17.4. The van der Waals surface area contributed by atoms with Crippen molar-refractivity contribution in [1.29, 1.82) is 0 Å². The van der Waals surface area contributed by atoms with Crippen LogP contribution in [0.25, 0.3) is 33.3 Å². The van der Waals surface area contributed by atoms with Crippen LogP contribution in [-0.4, -0.2) is 18.0 Å². The van der Waals surface area contributed by atoms with E-state index in [1.54, 1.807) is 0 Å². The van der Waals surface area contributed by atoms with Crippen LogP contribution in [0, 0.1) is 0 Å². The molecule has 0 N–H and O–H groups in total. The zero-order valence-corrected chi connectivity index (χ0v) is 16.0. The normalized spacial score (nSPS) is 11.9. The van der Waals surface area contributed by atoms with Crippen molar-refractivity contribution in [3.63, 3.8) is 0 Å². The van der Waals surface area contributed by atoms with Gasteiger partial charge in [0.1, 0.15) is 0 Å². The fraction of sp³-hybridized carbons (Fsp3) is 0.154. The number of rotatable bonds is 5. The first-order chi connectivity index (χ1) is 13.3. The molecule has 0 aliphatic rings. The Balaban J connectivity index is 1.97. The molecule has 1 nitrogen and oxygen atoms in total. The van der Waals surface area contributed by atoms with Gasteiger partial charge < -0.3 is 4.90 Å². The number of hydrogen-bond acceptors (Lipinski definition) is 1. The topological polar surface area (TPSA) is 3.24 Å². The van der Waals surface area contributed by atoms with Crippen LogP contribution in [0.3, 0.4) is 0 Å². The summed E-state index contributed by atoms with van der Waals surface area (Å²) in [5, 5.41) is 5.18. The van der Waals surface area contributed by atoms with E-state index in [0.29, 0.717) is 0 Å². The molecule has 0 bridgehead atoms. The Labute approximate surface area is 161 Å². The van der Waals surface area contributed by atoms with Gasteiger partial charge in [0.05, 0.1) is 0 Å². The number of nitrogens with zero attached hydrogens (tertiary/aromatic N) is 1. The number of fused-ring (bicyclic) bond motifs is 2. The molecule has 4 aromatic rings. The summed E-state index contributed by atoms with van der Waals surface area (Å²) in [4.78, 5) is 2.44. The van der Waals surface area contributed by atoms with Crippen LogP contribution in [0.5, 0.6) is 0 Å². The molecular formula is C26H25N. The summed E-state index contributed by atoms with van der Waals surface area (Å²) in [7, 11) is 0. The van der Waals surface area contributed by atoms with Gasteiger partial charge in [0, 0.05) is 24.4 Å². The molecular weight excluding hydrogens is 326 g/mol.